The molecule has 0 unspecified atom stereocenters. The third-order valence-electron chi connectivity index (χ3n) is 1.76. The first kappa shape index (κ1) is 17.1. The van der Waals surface area contributed by atoms with E-state index in [1.54, 1.807) is 0 Å². The lowest BCUT2D eigenvalue weighted by Crippen LogP contribution is -2.63. The molecule has 18 heavy (non-hydrogen) atoms. The summed E-state index contributed by atoms with van der Waals surface area (Å²) in [4.78, 5) is 0. The number of hydrogen-bond acceptors (Lipinski definition) is 2. The molecule has 0 atom stereocenters. The average molecular weight is 308 g/mol. The molecule has 108 valence electrons. The minimum Gasteiger partial charge on any atom is -0.281 e. The third kappa shape index (κ3) is 2.06. The summed E-state index contributed by atoms with van der Waals surface area (Å²) in [5.74, 6) is -19.7. The van der Waals surface area contributed by atoms with E-state index in [4.69, 9.17) is 4.55 Å². The zero-order chi connectivity index (χ0) is 15.2. The second-order valence-electron chi connectivity index (χ2n) is 2.97. The van der Waals surface area contributed by atoms with Gasteiger partial charge in [-0.3, -0.25) is 4.55 Å². The molecule has 0 aromatic heterocycles. The molecule has 0 aromatic carbocycles. The van der Waals surface area contributed by atoms with Crippen molar-refractivity contribution in [3.05, 3.63) is 12.7 Å². The molecular formula is C6H4F8O3S. The van der Waals surface area contributed by atoms with Gasteiger partial charge >= 0.3 is 33.1 Å². The normalized spacial score (nSPS) is 15.6. The van der Waals surface area contributed by atoms with Crippen LogP contribution < -0.4 is 0 Å². The molecule has 0 bridgehead atoms. The van der Waals surface area contributed by atoms with Gasteiger partial charge in [-0.05, 0) is 6.08 Å². The zero-order valence-corrected chi connectivity index (χ0v) is 8.80. The van der Waals surface area contributed by atoms with E-state index in [-0.39, 0.29) is 0 Å². The van der Waals surface area contributed by atoms with Crippen LogP contribution in [0.2, 0.25) is 0 Å². The molecule has 0 saturated heterocycles. The molecule has 12 heteroatoms. The van der Waals surface area contributed by atoms with Crippen LogP contribution in [0.4, 0.5) is 35.1 Å². The number of halogens is 8. The maximum atomic E-state index is 12.6. The first-order chi connectivity index (χ1) is 7.56. The molecule has 0 amide bonds. The van der Waals surface area contributed by atoms with Crippen molar-refractivity contribution in [1.29, 1.82) is 0 Å². The van der Waals surface area contributed by atoms with Crippen LogP contribution in [0.1, 0.15) is 0 Å². The lowest BCUT2D eigenvalue weighted by molar-refractivity contribution is -0.336. The summed E-state index contributed by atoms with van der Waals surface area (Å²) in [5, 5.41) is -6.81. The number of alkyl halides is 8. The minimum absolute atomic E-state index is 1.05. The number of rotatable bonds is 5. The minimum atomic E-state index is -7.06. The zero-order valence-electron chi connectivity index (χ0n) is 7.98. The number of allylic oxidation sites excluding steroid dienone is 1. The Morgan fingerprint density at radius 3 is 1.44 bits per heavy atom. The maximum Gasteiger partial charge on any atom is 0.438 e. The molecular weight excluding hydrogens is 304 g/mol. The predicted molar refractivity (Wildman–Crippen MR) is 41.5 cm³/mol. The highest BCUT2D eigenvalue weighted by molar-refractivity contribution is 7.87. The van der Waals surface area contributed by atoms with Gasteiger partial charge in [0.2, 0.25) is 0 Å². The Kier molecular flexibility index (Phi) is 3.84. The fraction of sp³-hybridized carbons (Fsp3) is 0.667. The SMILES string of the molecule is C=CC(F)(F)C(F)(F)C(F)(F)C(F)(F)S(=O)(=O)O. The molecule has 0 aliphatic carbocycles. The van der Waals surface area contributed by atoms with Crippen molar-refractivity contribution < 1.29 is 48.1 Å². The Balaban J connectivity index is 6.04. The van der Waals surface area contributed by atoms with E-state index >= 15 is 0 Å². The van der Waals surface area contributed by atoms with Crippen LogP contribution in [-0.4, -0.2) is 36.0 Å². The van der Waals surface area contributed by atoms with Gasteiger partial charge in [-0.25, -0.2) is 0 Å². The molecule has 0 rings (SSSR count). The van der Waals surface area contributed by atoms with Crippen LogP contribution in [0.3, 0.4) is 0 Å². The lowest BCUT2D eigenvalue weighted by Gasteiger charge is -2.33. The molecule has 0 radical (unpaired) electrons. The summed E-state index contributed by atoms with van der Waals surface area (Å²) in [6.45, 7) is 2.04. The molecule has 0 aromatic rings. The van der Waals surface area contributed by atoms with E-state index < -0.39 is 39.2 Å². The summed E-state index contributed by atoms with van der Waals surface area (Å²) in [5.41, 5.74) is 0. The second kappa shape index (κ2) is 4.05. The van der Waals surface area contributed by atoms with E-state index in [0.717, 1.165) is 0 Å². The van der Waals surface area contributed by atoms with Crippen LogP contribution in [-0.2, 0) is 10.1 Å². The van der Waals surface area contributed by atoms with Gasteiger partial charge < -0.3 is 0 Å². The van der Waals surface area contributed by atoms with Crippen molar-refractivity contribution >= 4 is 10.1 Å². The smallest absolute Gasteiger partial charge is 0.281 e. The molecule has 0 spiro atoms. The van der Waals surface area contributed by atoms with Crippen LogP contribution >= 0.6 is 0 Å². The van der Waals surface area contributed by atoms with Gasteiger partial charge in [-0.1, -0.05) is 6.58 Å². The molecule has 3 nitrogen and oxygen atoms in total. The molecule has 1 N–H and O–H groups in total. The van der Waals surface area contributed by atoms with Crippen molar-refractivity contribution in [1.82, 2.24) is 0 Å². The van der Waals surface area contributed by atoms with Crippen molar-refractivity contribution in [2.45, 2.75) is 23.0 Å². The summed E-state index contributed by atoms with van der Waals surface area (Å²) in [6.07, 6.45) is -1.05. The van der Waals surface area contributed by atoms with E-state index in [9.17, 15) is 43.5 Å². The fourth-order valence-electron chi connectivity index (χ4n) is 0.682. The first-order valence-electron chi connectivity index (χ1n) is 3.68. The third-order valence-corrected chi connectivity index (χ3v) is 2.66. The Bertz CT molecular complexity index is 440. The Labute approximate surface area is 94.8 Å². The van der Waals surface area contributed by atoms with Crippen LogP contribution in [0.15, 0.2) is 12.7 Å². The lowest BCUT2D eigenvalue weighted by atomic mass is 10.1. The first-order valence-corrected chi connectivity index (χ1v) is 5.12. The van der Waals surface area contributed by atoms with Crippen LogP contribution in [0.25, 0.3) is 0 Å². The summed E-state index contributed by atoms with van der Waals surface area (Å²) >= 11 is 0. The van der Waals surface area contributed by atoms with Crippen molar-refractivity contribution in [2.24, 2.45) is 0 Å². The second-order valence-corrected chi connectivity index (χ2v) is 4.43. The van der Waals surface area contributed by atoms with Gasteiger partial charge in [0.1, 0.15) is 0 Å². The summed E-state index contributed by atoms with van der Waals surface area (Å²) in [7, 11) is -7.04. The van der Waals surface area contributed by atoms with E-state index in [0.29, 0.717) is 0 Å². The van der Waals surface area contributed by atoms with Crippen molar-refractivity contribution in [3.63, 3.8) is 0 Å². The molecule has 0 aliphatic rings. The molecule has 0 saturated carbocycles. The topological polar surface area (TPSA) is 54.4 Å². The highest BCUT2D eigenvalue weighted by Gasteiger charge is 2.83. The Hall–Kier alpha value is -0.910. The monoisotopic (exact) mass is 308 g/mol. The van der Waals surface area contributed by atoms with Crippen LogP contribution in [0, 0.1) is 0 Å². The molecule has 0 aliphatic heterocycles. The van der Waals surface area contributed by atoms with E-state index in [2.05, 4.69) is 0 Å². The molecule has 0 heterocycles. The Morgan fingerprint density at radius 2 is 1.22 bits per heavy atom. The molecule has 0 fully saturated rings. The van der Waals surface area contributed by atoms with Gasteiger partial charge in [0, 0.05) is 0 Å². The fourth-order valence-corrected chi connectivity index (χ4v) is 1.13. The van der Waals surface area contributed by atoms with Gasteiger partial charge in [0.25, 0.3) is 0 Å². The van der Waals surface area contributed by atoms with Gasteiger partial charge in [0.05, 0.1) is 0 Å². The predicted octanol–water partition coefficient (Wildman–Crippen LogP) is 2.56. The van der Waals surface area contributed by atoms with Crippen molar-refractivity contribution in [2.75, 3.05) is 0 Å². The van der Waals surface area contributed by atoms with Crippen molar-refractivity contribution in [3.8, 4) is 0 Å². The summed E-state index contributed by atoms with van der Waals surface area (Å²) in [6, 6.07) is 0. The quantitative estimate of drug-likeness (QED) is 0.482. The van der Waals surface area contributed by atoms with Gasteiger partial charge in [0.15, 0.2) is 0 Å². The van der Waals surface area contributed by atoms with Crippen LogP contribution in [0.5, 0.6) is 0 Å². The van der Waals surface area contributed by atoms with Gasteiger partial charge in [-0.15, -0.1) is 0 Å². The highest BCUT2D eigenvalue weighted by Crippen LogP contribution is 2.54. The summed E-state index contributed by atoms with van der Waals surface area (Å²) < 4.78 is 127. The standard InChI is InChI=1S/C6H4F8O3S/c1-2-3(7,8)4(9,10)5(11,12)6(13,14)18(15,16)17/h2H,1H2,(H,15,16,17). The maximum absolute atomic E-state index is 12.6. The van der Waals surface area contributed by atoms with E-state index in [1.807, 2.05) is 6.58 Å². The highest BCUT2D eigenvalue weighted by atomic mass is 32.2. The number of hydrogen-bond donors (Lipinski definition) is 1. The van der Waals surface area contributed by atoms with Gasteiger partial charge in [-0.2, -0.15) is 43.5 Å². The largest absolute Gasteiger partial charge is 0.438 e. The average Bonchev–Trinajstić information content (AvgIpc) is 2.15. The Morgan fingerprint density at radius 1 is 0.889 bits per heavy atom. The van der Waals surface area contributed by atoms with E-state index in [1.165, 1.54) is 0 Å².